The molecule has 0 amide bonds. The molecule has 0 saturated heterocycles. The van der Waals surface area contributed by atoms with Crippen molar-refractivity contribution in [3.63, 3.8) is 0 Å². The third kappa shape index (κ3) is 5.05. The van der Waals surface area contributed by atoms with Crippen molar-refractivity contribution in [2.24, 2.45) is 5.92 Å². The van der Waals surface area contributed by atoms with Crippen molar-refractivity contribution in [1.82, 2.24) is 5.32 Å². The second-order valence-electron chi connectivity index (χ2n) is 5.56. The SMILES string of the molecule is C=C(CC)CC(NCCC)C1CCC(F)(F)CC1. The molecule has 1 N–H and O–H groups in total. The van der Waals surface area contributed by atoms with E-state index >= 15 is 0 Å². The van der Waals surface area contributed by atoms with Crippen molar-refractivity contribution in [3.05, 3.63) is 12.2 Å². The van der Waals surface area contributed by atoms with Crippen LogP contribution in [0.2, 0.25) is 0 Å². The second kappa shape index (κ2) is 7.22. The fourth-order valence-corrected chi connectivity index (χ4v) is 2.66. The Bertz CT molecular complexity index is 253. The first-order valence-electron chi connectivity index (χ1n) is 7.26. The van der Waals surface area contributed by atoms with Gasteiger partial charge in [0, 0.05) is 18.9 Å². The molecule has 0 heterocycles. The van der Waals surface area contributed by atoms with Crippen molar-refractivity contribution in [3.8, 4) is 0 Å². The van der Waals surface area contributed by atoms with E-state index in [2.05, 4.69) is 25.7 Å². The Balaban J connectivity index is 2.51. The Morgan fingerprint density at radius 1 is 1.33 bits per heavy atom. The van der Waals surface area contributed by atoms with Gasteiger partial charge in [-0.3, -0.25) is 0 Å². The normalized spacial score (nSPS) is 21.8. The van der Waals surface area contributed by atoms with Gasteiger partial charge in [-0.05, 0) is 44.6 Å². The fourth-order valence-electron chi connectivity index (χ4n) is 2.66. The van der Waals surface area contributed by atoms with Crippen LogP contribution in [0.3, 0.4) is 0 Å². The van der Waals surface area contributed by atoms with Gasteiger partial charge in [0.25, 0.3) is 0 Å². The number of alkyl halides is 2. The Morgan fingerprint density at radius 3 is 2.44 bits per heavy atom. The molecule has 1 unspecified atom stereocenters. The third-order valence-electron chi connectivity index (χ3n) is 4.00. The van der Waals surface area contributed by atoms with Crippen molar-refractivity contribution in [2.75, 3.05) is 6.54 Å². The molecule has 1 saturated carbocycles. The van der Waals surface area contributed by atoms with Gasteiger partial charge in [-0.1, -0.05) is 26.0 Å². The zero-order valence-corrected chi connectivity index (χ0v) is 11.8. The molecule has 18 heavy (non-hydrogen) atoms. The first-order chi connectivity index (χ1) is 8.48. The monoisotopic (exact) mass is 259 g/mol. The highest BCUT2D eigenvalue weighted by molar-refractivity contribution is 4.99. The number of nitrogens with one attached hydrogen (secondary N) is 1. The molecule has 0 bridgehead atoms. The van der Waals surface area contributed by atoms with Crippen molar-refractivity contribution >= 4 is 0 Å². The lowest BCUT2D eigenvalue weighted by Gasteiger charge is -2.34. The molecule has 1 aliphatic carbocycles. The van der Waals surface area contributed by atoms with E-state index in [-0.39, 0.29) is 12.8 Å². The van der Waals surface area contributed by atoms with Gasteiger partial charge in [0.15, 0.2) is 0 Å². The van der Waals surface area contributed by atoms with Crippen LogP contribution < -0.4 is 5.32 Å². The topological polar surface area (TPSA) is 12.0 Å². The zero-order valence-electron chi connectivity index (χ0n) is 11.8. The molecule has 106 valence electrons. The fraction of sp³-hybridized carbons (Fsp3) is 0.867. The number of hydrogen-bond donors (Lipinski definition) is 1. The number of rotatable bonds is 7. The molecule has 0 aromatic rings. The summed E-state index contributed by atoms with van der Waals surface area (Å²) in [6.07, 6.45) is 4.40. The minimum absolute atomic E-state index is 0.0561. The maximum Gasteiger partial charge on any atom is 0.248 e. The molecular formula is C15H27F2N. The summed E-state index contributed by atoms with van der Waals surface area (Å²) in [7, 11) is 0. The average molecular weight is 259 g/mol. The standard InChI is InChI=1S/C15H27F2N/c1-4-10-18-14(11-12(3)5-2)13-6-8-15(16,17)9-7-13/h13-14,18H,3-11H2,1-2H3. The molecule has 1 nitrogen and oxygen atoms in total. The van der Waals surface area contributed by atoms with Gasteiger partial charge >= 0.3 is 0 Å². The van der Waals surface area contributed by atoms with Crippen LogP contribution in [0.25, 0.3) is 0 Å². The molecule has 1 fully saturated rings. The van der Waals surface area contributed by atoms with Gasteiger partial charge < -0.3 is 5.32 Å². The summed E-state index contributed by atoms with van der Waals surface area (Å²) in [5.74, 6) is -2.03. The van der Waals surface area contributed by atoms with Crippen molar-refractivity contribution in [1.29, 1.82) is 0 Å². The Morgan fingerprint density at radius 2 is 1.94 bits per heavy atom. The summed E-state index contributed by atoms with van der Waals surface area (Å²) in [4.78, 5) is 0. The van der Waals surface area contributed by atoms with Gasteiger partial charge in [-0.25, -0.2) is 8.78 Å². The largest absolute Gasteiger partial charge is 0.313 e. The number of hydrogen-bond acceptors (Lipinski definition) is 1. The Labute approximate surface area is 110 Å². The lowest BCUT2D eigenvalue weighted by Crippen LogP contribution is -2.40. The van der Waals surface area contributed by atoms with Crippen LogP contribution in [-0.4, -0.2) is 18.5 Å². The first kappa shape index (κ1) is 15.6. The maximum atomic E-state index is 13.2. The van der Waals surface area contributed by atoms with Crippen molar-refractivity contribution in [2.45, 2.75) is 70.8 Å². The van der Waals surface area contributed by atoms with Crippen LogP contribution >= 0.6 is 0 Å². The van der Waals surface area contributed by atoms with E-state index < -0.39 is 5.92 Å². The third-order valence-corrected chi connectivity index (χ3v) is 4.00. The van der Waals surface area contributed by atoms with Crippen LogP contribution in [-0.2, 0) is 0 Å². The highest BCUT2D eigenvalue weighted by Gasteiger charge is 2.37. The lowest BCUT2D eigenvalue weighted by atomic mass is 9.80. The Kier molecular flexibility index (Phi) is 6.27. The smallest absolute Gasteiger partial charge is 0.248 e. The van der Waals surface area contributed by atoms with Crippen LogP contribution in [0.1, 0.15) is 58.8 Å². The Hall–Kier alpha value is -0.440. The van der Waals surface area contributed by atoms with Crippen LogP contribution in [0, 0.1) is 5.92 Å². The molecule has 1 atom stereocenters. The second-order valence-corrected chi connectivity index (χ2v) is 5.56. The van der Waals surface area contributed by atoms with Crippen LogP contribution in [0.5, 0.6) is 0 Å². The number of halogens is 2. The molecule has 0 spiro atoms. The van der Waals surface area contributed by atoms with E-state index in [4.69, 9.17) is 0 Å². The summed E-state index contributed by atoms with van der Waals surface area (Å²) in [5, 5.41) is 3.53. The van der Waals surface area contributed by atoms with E-state index in [9.17, 15) is 8.78 Å². The minimum Gasteiger partial charge on any atom is -0.313 e. The van der Waals surface area contributed by atoms with Gasteiger partial charge in [-0.15, -0.1) is 0 Å². The van der Waals surface area contributed by atoms with E-state index in [1.165, 1.54) is 5.57 Å². The maximum absolute atomic E-state index is 13.2. The summed E-state index contributed by atoms with van der Waals surface area (Å²) in [5.41, 5.74) is 1.22. The lowest BCUT2D eigenvalue weighted by molar-refractivity contribution is -0.0495. The molecule has 0 aromatic carbocycles. The highest BCUT2D eigenvalue weighted by Crippen LogP contribution is 2.38. The molecule has 1 aliphatic rings. The van der Waals surface area contributed by atoms with E-state index in [1.807, 2.05) is 0 Å². The summed E-state index contributed by atoms with van der Waals surface area (Å²) >= 11 is 0. The zero-order chi connectivity index (χ0) is 13.6. The van der Waals surface area contributed by atoms with Gasteiger partial charge in [0.2, 0.25) is 5.92 Å². The molecule has 3 heteroatoms. The highest BCUT2D eigenvalue weighted by atomic mass is 19.3. The summed E-state index contributed by atoms with van der Waals surface area (Å²) < 4.78 is 26.4. The van der Waals surface area contributed by atoms with E-state index in [1.54, 1.807) is 0 Å². The quantitative estimate of drug-likeness (QED) is 0.662. The molecule has 1 rings (SSSR count). The van der Waals surface area contributed by atoms with Crippen LogP contribution in [0.4, 0.5) is 8.78 Å². The van der Waals surface area contributed by atoms with Gasteiger partial charge in [0.05, 0.1) is 0 Å². The van der Waals surface area contributed by atoms with Gasteiger partial charge in [-0.2, -0.15) is 0 Å². The molecular weight excluding hydrogens is 232 g/mol. The molecule has 0 aromatic heterocycles. The van der Waals surface area contributed by atoms with Crippen molar-refractivity contribution < 1.29 is 8.78 Å². The summed E-state index contributed by atoms with van der Waals surface area (Å²) in [6, 6.07) is 0.341. The van der Waals surface area contributed by atoms with E-state index in [0.29, 0.717) is 24.8 Å². The van der Waals surface area contributed by atoms with Crippen LogP contribution in [0.15, 0.2) is 12.2 Å². The predicted octanol–water partition coefficient (Wildman–Crippen LogP) is 4.54. The van der Waals surface area contributed by atoms with E-state index in [0.717, 1.165) is 25.8 Å². The molecule has 0 aliphatic heterocycles. The summed E-state index contributed by atoms with van der Waals surface area (Å²) in [6.45, 7) is 9.26. The average Bonchev–Trinajstić information content (AvgIpc) is 2.34. The predicted molar refractivity (Wildman–Crippen MR) is 73.0 cm³/mol. The first-order valence-corrected chi connectivity index (χ1v) is 7.26. The minimum atomic E-state index is -2.42. The van der Waals surface area contributed by atoms with Gasteiger partial charge in [0.1, 0.15) is 0 Å². The molecule has 0 radical (unpaired) electrons.